The van der Waals surface area contributed by atoms with Crippen molar-refractivity contribution in [2.24, 2.45) is 0 Å². The molecule has 0 radical (unpaired) electrons. The maximum Gasteiger partial charge on any atom is 0.174 e. The van der Waals surface area contributed by atoms with Gasteiger partial charge >= 0.3 is 0 Å². The Balaban J connectivity index is 1.56. The molecule has 1 aromatic carbocycles. The molecule has 0 unspecified atom stereocenters. The third kappa shape index (κ3) is 3.91. The molecule has 0 spiro atoms. The Kier molecular flexibility index (Phi) is 5.61. The number of benzene rings is 1. The number of thiocarbonyl (C=S) groups is 1. The number of ether oxygens (including phenoxy) is 2. The van der Waals surface area contributed by atoms with E-state index < -0.39 is 0 Å². The minimum Gasteiger partial charge on any atom is -0.497 e. The van der Waals surface area contributed by atoms with Gasteiger partial charge in [0, 0.05) is 36.9 Å². The van der Waals surface area contributed by atoms with Crippen molar-refractivity contribution in [3.8, 4) is 5.75 Å². The van der Waals surface area contributed by atoms with Crippen LogP contribution in [0.4, 0.5) is 5.69 Å². The molecule has 160 valence electrons. The van der Waals surface area contributed by atoms with Crippen molar-refractivity contribution >= 4 is 23.0 Å². The van der Waals surface area contributed by atoms with Crippen LogP contribution in [0.25, 0.3) is 0 Å². The second-order valence-electron chi connectivity index (χ2n) is 7.92. The average Bonchev–Trinajstić information content (AvgIpc) is 3.55. The van der Waals surface area contributed by atoms with E-state index in [1.165, 1.54) is 5.69 Å². The molecule has 5 rings (SSSR count). The van der Waals surface area contributed by atoms with Crippen molar-refractivity contribution < 1.29 is 9.47 Å². The molecule has 0 amide bonds. The fraction of sp³-hybridized carbons (Fsp3) is 0.333. The van der Waals surface area contributed by atoms with Crippen LogP contribution >= 0.6 is 12.2 Å². The van der Waals surface area contributed by atoms with Gasteiger partial charge in [0.25, 0.3) is 0 Å². The smallest absolute Gasteiger partial charge is 0.174 e. The highest BCUT2D eigenvalue weighted by molar-refractivity contribution is 7.80. The van der Waals surface area contributed by atoms with Crippen LogP contribution in [0.3, 0.4) is 0 Å². The normalized spacial score (nSPS) is 23.2. The van der Waals surface area contributed by atoms with Gasteiger partial charge in [-0.15, -0.1) is 0 Å². The number of anilines is 1. The summed E-state index contributed by atoms with van der Waals surface area (Å²) < 4.78 is 13.6. The summed E-state index contributed by atoms with van der Waals surface area (Å²) in [6.07, 6.45) is 6.46. The second kappa shape index (κ2) is 8.69. The molecule has 1 N–H and O–H groups in total. The number of hydrogen-bond acceptors (Lipinski definition) is 4. The van der Waals surface area contributed by atoms with Gasteiger partial charge in [0.2, 0.25) is 0 Å². The van der Waals surface area contributed by atoms with Crippen LogP contribution < -0.4 is 15.0 Å². The lowest BCUT2D eigenvalue weighted by atomic mass is 10.0. The largest absolute Gasteiger partial charge is 0.497 e. The summed E-state index contributed by atoms with van der Waals surface area (Å²) in [5.41, 5.74) is 3.18. The van der Waals surface area contributed by atoms with Gasteiger partial charge in [-0.3, -0.25) is 4.98 Å². The minimum absolute atomic E-state index is 0.0350. The van der Waals surface area contributed by atoms with Gasteiger partial charge in [-0.25, -0.2) is 0 Å². The summed E-state index contributed by atoms with van der Waals surface area (Å²) in [7, 11) is 1.68. The van der Waals surface area contributed by atoms with Crippen molar-refractivity contribution in [2.75, 3.05) is 18.6 Å². The van der Waals surface area contributed by atoms with E-state index in [2.05, 4.69) is 44.2 Å². The molecule has 2 aromatic heterocycles. The lowest BCUT2D eigenvalue weighted by molar-refractivity contribution is 0.0961. The molecule has 2 aliphatic heterocycles. The third-order valence-corrected chi connectivity index (χ3v) is 6.36. The summed E-state index contributed by atoms with van der Waals surface area (Å²) in [5.74, 6) is 0.821. The van der Waals surface area contributed by atoms with Crippen molar-refractivity contribution in [1.29, 1.82) is 0 Å². The van der Waals surface area contributed by atoms with Crippen LogP contribution in [-0.4, -0.2) is 34.5 Å². The van der Waals surface area contributed by atoms with Gasteiger partial charge in [-0.1, -0.05) is 6.07 Å². The maximum absolute atomic E-state index is 5.91. The predicted octanol–water partition coefficient (Wildman–Crippen LogP) is 4.25. The summed E-state index contributed by atoms with van der Waals surface area (Å²) in [5, 5.41) is 4.22. The lowest BCUT2D eigenvalue weighted by Crippen LogP contribution is -2.31. The molecule has 31 heavy (non-hydrogen) atoms. The van der Waals surface area contributed by atoms with Gasteiger partial charge in [-0.05, 0) is 73.6 Å². The van der Waals surface area contributed by atoms with Gasteiger partial charge in [0.1, 0.15) is 11.8 Å². The zero-order chi connectivity index (χ0) is 21.2. The molecular formula is C24H26N4O2S. The fourth-order valence-electron chi connectivity index (χ4n) is 4.55. The van der Waals surface area contributed by atoms with E-state index in [-0.39, 0.29) is 18.2 Å². The molecule has 3 aromatic rings. The highest BCUT2D eigenvalue weighted by Crippen LogP contribution is 2.42. The molecule has 2 saturated heterocycles. The summed E-state index contributed by atoms with van der Waals surface area (Å²) in [4.78, 5) is 6.83. The van der Waals surface area contributed by atoms with E-state index in [4.69, 9.17) is 21.7 Å². The Bertz CT molecular complexity index is 1030. The Labute approximate surface area is 187 Å². The Morgan fingerprint density at radius 3 is 2.74 bits per heavy atom. The number of hydrogen-bond donors (Lipinski definition) is 1. The summed E-state index contributed by atoms with van der Waals surface area (Å²) >= 11 is 5.82. The third-order valence-electron chi connectivity index (χ3n) is 6.04. The first-order valence-electron chi connectivity index (χ1n) is 10.7. The molecular weight excluding hydrogens is 408 g/mol. The number of aromatic nitrogens is 2. The molecule has 7 heteroatoms. The topological polar surface area (TPSA) is 51.5 Å². The molecule has 3 atom stereocenters. The zero-order valence-electron chi connectivity index (χ0n) is 17.5. The van der Waals surface area contributed by atoms with Crippen LogP contribution in [0.15, 0.2) is 67.0 Å². The number of methoxy groups -OCH3 is 1. The van der Waals surface area contributed by atoms with E-state index in [1.54, 1.807) is 7.11 Å². The Morgan fingerprint density at radius 1 is 1.16 bits per heavy atom. The van der Waals surface area contributed by atoms with Gasteiger partial charge in [-0.2, -0.15) is 0 Å². The number of rotatable bonds is 6. The van der Waals surface area contributed by atoms with Gasteiger partial charge in [0.15, 0.2) is 5.11 Å². The molecule has 4 heterocycles. The molecule has 0 saturated carbocycles. The van der Waals surface area contributed by atoms with Crippen LogP contribution in [0, 0.1) is 0 Å². The fourth-order valence-corrected chi connectivity index (χ4v) is 4.89. The molecule has 0 aliphatic carbocycles. The van der Waals surface area contributed by atoms with Crippen LogP contribution in [-0.2, 0) is 11.3 Å². The SMILES string of the molecule is COc1ccc(N2C(=S)N[C@H](c3ccccn3)[C@@H]2c2cccn2C[C@H]2CCCO2)cc1. The van der Waals surface area contributed by atoms with E-state index in [0.717, 1.165) is 43.1 Å². The number of nitrogens with one attached hydrogen (secondary N) is 1. The highest BCUT2D eigenvalue weighted by atomic mass is 32.1. The van der Waals surface area contributed by atoms with Crippen LogP contribution in [0.5, 0.6) is 5.75 Å². The first-order chi connectivity index (χ1) is 15.2. The maximum atomic E-state index is 5.91. The lowest BCUT2D eigenvalue weighted by Gasteiger charge is -2.29. The van der Waals surface area contributed by atoms with Crippen molar-refractivity contribution in [1.82, 2.24) is 14.9 Å². The standard InChI is InChI=1S/C24H26N4O2S/c1-29-18-11-9-17(10-12-18)28-23(22(26-24(28)31)20-7-2-3-13-25-20)21-8-4-14-27(21)16-19-6-5-15-30-19/h2-4,7-14,19,22-23H,5-6,15-16H2,1H3,(H,26,31)/t19-,22-,23+/m1/s1. The zero-order valence-corrected chi connectivity index (χ0v) is 18.3. The molecule has 2 aliphatic rings. The van der Waals surface area contributed by atoms with E-state index in [0.29, 0.717) is 5.11 Å². The van der Waals surface area contributed by atoms with E-state index >= 15 is 0 Å². The Hall–Kier alpha value is -2.90. The van der Waals surface area contributed by atoms with Gasteiger partial charge < -0.3 is 24.3 Å². The highest BCUT2D eigenvalue weighted by Gasteiger charge is 2.42. The summed E-state index contributed by atoms with van der Waals surface area (Å²) in [6.45, 7) is 1.70. The second-order valence-corrected chi connectivity index (χ2v) is 8.30. The van der Waals surface area contributed by atoms with Crippen LogP contribution in [0.2, 0.25) is 0 Å². The Morgan fingerprint density at radius 2 is 2.03 bits per heavy atom. The van der Waals surface area contributed by atoms with Crippen LogP contribution in [0.1, 0.15) is 36.3 Å². The van der Waals surface area contributed by atoms with E-state index in [1.807, 2.05) is 42.6 Å². The predicted molar refractivity (Wildman–Crippen MR) is 124 cm³/mol. The first-order valence-corrected chi connectivity index (χ1v) is 11.1. The van der Waals surface area contributed by atoms with Gasteiger partial charge in [0.05, 0.1) is 24.9 Å². The number of pyridine rings is 1. The van der Waals surface area contributed by atoms with E-state index in [9.17, 15) is 0 Å². The molecule has 6 nitrogen and oxygen atoms in total. The molecule has 0 bridgehead atoms. The monoisotopic (exact) mass is 434 g/mol. The molecule has 2 fully saturated rings. The first kappa shape index (κ1) is 20.0. The van der Waals surface area contributed by atoms with Crippen molar-refractivity contribution in [3.63, 3.8) is 0 Å². The van der Waals surface area contributed by atoms with Crippen molar-refractivity contribution in [2.45, 2.75) is 37.6 Å². The number of nitrogens with zero attached hydrogens (tertiary/aromatic N) is 3. The van der Waals surface area contributed by atoms with Crippen molar-refractivity contribution in [3.05, 3.63) is 78.4 Å². The average molecular weight is 435 g/mol. The minimum atomic E-state index is -0.0612. The quantitative estimate of drug-likeness (QED) is 0.586. The summed E-state index contributed by atoms with van der Waals surface area (Å²) in [6, 6.07) is 18.2.